The average Bonchev–Trinajstić information content (AvgIpc) is 2.62. The number of nitrogens with zero attached hydrogens (tertiary/aromatic N) is 1. The monoisotopic (exact) mass is 253 g/mol. The number of amides is 1. The average molecular weight is 253 g/mol. The van der Waals surface area contributed by atoms with Gasteiger partial charge >= 0.3 is 0 Å². The van der Waals surface area contributed by atoms with E-state index in [0.29, 0.717) is 17.7 Å². The molecule has 1 aliphatic heterocycles. The van der Waals surface area contributed by atoms with E-state index in [-0.39, 0.29) is 5.41 Å². The van der Waals surface area contributed by atoms with E-state index in [1.165, 1.54) is 6.92 Å². The standard InChI is InChI=1S/C13H23NO.C2H4O/c1-12(2,3)6-11(15)14-7-9-10(8-14)13(9,4)5;1-2-3/h9-10H,6-8H2,1-5H3;2H,1H3/t9-,10?;/m0./s1. The Morgan fingerprint density at radius 1 is 1.28 bits per heavy atom. The summed E-state index contributed by atoms with van der Waals surface area (Å²) in [6, 6.07) is 0. The van der Waals surface area contributed by atoms with Gasteiger partial charge in [-0.1, -0.05) is 34.6 Å². The van der Waals surface area contributed by atoms with Crippen molar-refractivity contribution in [1.82, 2.24) is 4.90 Å². The zero-order valence-electron chi connectivity index (χ0n) is 12.6. The van der Waals surface area contributed by atoms with Crippen molar-refractivity contribution in [3.63, 3.8) is 0 Å². The van der Waals surface area contributed by atoms with Crippen LogP contribution in [0.1, 0.15) is 48.0 Å². The van der Waals surface area contributed by atoms with Crippen molar-refractivity contribution in [3.8, 4) is 0 Å². The second-order valence-electron chi connectivity index (χ2n) is 7.31. The van der Waals surface area contributed by atoms with Gasteiger partial charge in [0.15, 0.2) is 0 Å². The summed E-state index contributed by atoms with van der Waals surface area (Å²) < 4.78 is 0. The number of piperidine rings is 1. The van der Waals surface area contributed by atoms with Crippen LogP contribution in [0.4, 0.5) is 0 Å². The molecule has 2 atom stereocenters. The van der Waals surface area contributed by atoms with E-state index in [9.17, 15) is 4.79 Å². The van der Waals surface area contributed by atoms with Crippen LogP contribution in [-0.4, -0.2) is 30.2 Å². The molecule has 1 saturated heterocycles. The Balaban J connectivity index is 0.000000492. The van der Waals surface area contributed by atoms with Crippen molar-refractivity contribution >= 4 is 12.2 Å². The second-order valence-corrected chi connectivity index (χ2v) is 7.31. The Morgan fingerprint density at radius 2 is 1.67 bits per heavy atom. The number of aldehydes is 1. The Kier molecular flexibility index (Phi) is 4.24. The fourth-order valence-electron chi connectivity index (χ4n) is 2.90. The summed E-state index contributed by atoms with van der Waals surface area (Å²) in [7, 11) is 0. The molecule has 2 fully saturated rings. The largest absolute Gasteiger partial charge is 0.342 e. The Labute approximate surface area is 111 Å². The highest BCUT2D eigenvalue weighted by Gasteiger charge is 2.62. The minimum Gasteiger partial charge on any atom is -0.342 e. The summed E-state index contributed by atoms with van der Waals surface area (Å²) in [4.78, 5) is 22.8. The van der Waals surface area contributed by atoms with Gasteiger partial charge in [-0.05, 0) is 29.6 Å². The lowest BCUT2D eigenvalue weighted by molar-refractivity contribution is -0.132. The molecular formula is C15H27NO2. The second kappa shape index (κ2) is 5.02. The molecule has 3 heteroatoms. The molecule has 1 amide bonds. The Bertz CT molecular complexity index is 314. The summed E-state index contributed by atoms with van der Waals surface area (Å²) in [5, 5.41) is 0. The lowest BCUT2D eigenvalue weighted by Gasteiger charge is -2.26. The quantitative estimate of drug-likeness (QED) is 0.674. The molecule has 0 bridgehead atoms. The van der Waals surface area contributed by atoms with Gasteiger partial charge in [-0.2, -0.15) is 0 Å². The summed E-state index contributed by atoms with van der Waals surface area (Å²) in [5.74, 6) is 1.91. The van der Waals surface area contributed by atoms with Gasteiger partial charge in [-0.3, -0.25) is 4.79 Å². The van der Waals surface area contributed by atoms with Crippen molar-refractivity contribution in [2.75, 3.05) is 13.1 Å². The van der Waals surface area contributed by atoms with Crippen molar-refractivity contribution < 1.29 is 9.59 Å². The zero-order valence-corrected chi connectivity index (χ0v) is 12.6. The van der Waals surface area contributed by atoms with E-state index < -0.39 is 0 Å². The Morgan fingerprint density at radius 3 is 2.00 bits per heavy atom. The third-order valence-corrected chi connectivity index (χ3v) is 4.16. The number of carbonyl (C=O) groups excluding carboxylic acids is 2. The molecular weight excluding hydrogens is 226 g/mol. The molecule has 3 nitrogen and oxygen atoms in total. The van der Waals surface area contributed by atoms with Crippen LogP contribution >= 0.6 is 0 Å². The van der Waals surface area contributed by atoms with E-state index in [4.69, 9.17) is 4.79 Å². The van der Waals surface area contributed by atoms with Gasteiger partial charge in [0, 0.05) is 19.5 Å². The van der Waals surface area contributed by atoms with Crippen molar-refractivity contribution in [2.45, 2.75) is 48.0 Å². The van der Waals surface area contributed by atoms with Crippen LogP contribution < -0.4 is 0 Å². The van der Waals surface area contributed by atoms with E-state index in [1.54, 1.807) is 0 Å². The molecule has 2 aliphatic rings. The van der Waals surface area contributed by atoms with Crippen molar-refractivity contribution in [1.29, 1.82) is 0 Å². The third kappa shape index (κ3) is 3.33. The molecule has 18 heavy (non-hydrogen) atoms. The first-order chi connectivity index (χ1) is 8.13. The summed E-state index contributed by atoms with van der Waals surface area (Å²) in [6.45, 7) is 14.5. The molecule has 1 heterocycles. The molecule has 0 N–H and O–H groups in total. The van der Waals surface area contributed by atoms with Crippen LogP contribution in [0, 0.1) is 22.7 Å². The maximum atomic E-state index is 12.0. The molecule has 0 spiro atoms. The molecule has 0 aromatic heterocycles. The van der Waals surface area contributed by atoms with Crippen LogP contribution in [0.2, 0.25) is 0 Å². The van der Waals surface area contributed by atoms with Crippen LogP contribution in [0.15, 0.2) is 0 Å². The molecule has 0 aromatic carbocycles. The summed E-state index contributed by atoms with van der Waals surface area (Å²) in [5.41, 5.74) is 0.637. The molecule has 0 aromatic rings. The lowest BCUT2D eigenvalue weighted by Crippen LogP contribution is -2.35. The van der Waals surface area contributed by atoms with Crippen LogP contribution in [0.3, 0.4) is 0 Å². The first kappa shape index (κ1) is 15.2. The van der Waals surface area contributed by atoms with Crippen LogP contribution in [0.25, 0.3) is 0 Å². The maximum Gasteiger partial charge on any atom is 0.223 e. The van der Waals surface area contributed by atoms with Crippen molar-refractivity contribution in [2.24, 2.45) is 22.7 Å². The number of hydrogen-bond acceptors (Lipinski definition) is 2. The van der Waals surface area contributed by atoms with Gasteiger partial charge in [-0.15, -0.1) is 0 Å². The van der Waals surface area contributed by atoms with Gasteiger partial charge in [0.05, 0.1) is 0 Å². The summed E-state index contributed by atoms with van der Waals surface area (Å²) >= 11 is 0. The van der Waals surface area contributed by atoms with Gasteiger partial charge in [0.25, 0.3) is 0 Å². The highest BCUT2D eigenvalue weighted by Crippen LogP contribution is 2.62. The van der Waals surface area contributed by atoms with E-state index >= 15 is 0 Å². The highest BCUT2D eigenvalue weighted by molar-refractivity contribution is 5.77. The predicted octanol–water partition coefficient (Wildman–Crippen LogP) is 2.74. The smallest absolute Gasteiger partial charge is 0.223 e. The maximum absolute atomic E-state index is 12.0. The normalized spacial score (nSPS) is 28.0. The minimum atomic E-state index is 0.124. The summed E-state index contributed by atoms with van der Waals surface area (Å²) in [6.07, 6.45) is 1.44. The Hall–Kier alpha value is -0.860. The van der Waals surface area contributed by atoms with Gasteiger partial charge < -0.3 is 9.69 Å². The van der Waals surface area contributed by atoms with E-state index in [0.717, 1.165) is 31.2 Å². The van der Waals surface area contributed by atoms with Gasteiger partial charge in [0.2, 0.25) is 5.91 Å². The predicted molar refractivity (Wildman–Crippen MR) is 73.2 cm³/mol. The lowest BCUT2D eigenvalue weighted by atomic mass is 9.91. The molecule has 104 valence electrons. The first-order valence-electron chi connectivity index (χ1n) is 6.81. The fourth-order valence-corrected chi connectivity index (χ4v) is 2.90. The first-order valence-corrected chi connectivity index (χ1v) is 6.81. The van der Waals surface area contributed by atoms with Crippen LogP contribution in [0.5, 0.6) is 0 Å². The highest BCUT2D eigenvalue weighted by atomic mass is 16.2. The fraction of sp³-hybridized carbons (Fsp3) is 0.867. The third-order valence-electron chi connectivity index (χ3n) is 4.16. The van der Waals surface area contributed by atoms with Gasteiger partial charge in [-0.25, -0.2) is 0 Å². The van der Waals surface area contributed by atoms with Crippen LogP contribution in [-0.2, 0) is 9.59 Å². The zero-order chi connectivity index (χ0) is 14.1. The molecule has 1 saturated carbocycles. The van der Waals surface area contributed by atoms with Gasteiger partial charge in [0.1, 0.15) is 6.29 Å². The molecule has 1 unspecified atom stereocenters. The number of fused-ring (bicyclic) bond motifs is 1. The number of carbonyl (C=O) groups is 2. The molecule has 0 radical (unpaired) electrons. The minimum absolute atomic E-state index is 0.124. The molecule has 1 aliphatic carbocycles. The number of rotatable bonds is 1. The number of likely N-dealkylation sites (tertiary alicyclic amines) is 1. The molecule has 2 rings (SSSR count). The van der Waals surface area contributed by atoms with Crippen molar-refractivity contribution in [3.05, 3.63) is 0 Å². The topological polar surface area (TPSA) is 37.4 Å². The number of hydrogen-bond donors (Lipinski definition) is 0. The van der Waals surface area contributed by atoms with E-state index in [2.05, 4.69) is 39.5 Å². The van der Waals surface area contributed by atoms with E-state index in [1.807, 2.05) is 0 Å². The SMILES string of the molecule is CC(C)(C)CC(=O)N1CC2[C@H](C1)C2(C)C.CC=O.